The van der Waals surface area contributed by atoms with Crippen molar-refractivity contribution in [1.29, 1.82) is 0 Å². The maximum atomic E-state index is 14.5. The lowest BCUT2D eigenvalue weighted by Crippen LogP contribution is -2.43. The van der Waals surface area contributed by atoms with Crippen molar-refractivity contribution < 1.29 is 14.0 Å². The van der Waals surface area contributed by atoms with Gasteiger partial charge in [0, 0.05) is 18.2 Å². The number of likely N-dealkylation sites (N-methyl/N-ethyl adjacent to an activating group) is 2. The Bertz CT molecular complexity index is 2580. The molecule has 7 aromatic rings. The van der Waals surface area contributed by atoms with Gasteiger partial charge in [-0.1, -0.05) is 66.7 Å². The van der Waals surface area contributed by atoms with E-state index in [4.69, 9.17) is 14.4 Å². The highest BCUT2D eigenvalue weighted by Gasteiger charge is 2.64. The number of H-pyrrole nitrogens is 2. The number of nitrogens with zero attached hydrogens (tertiary/aromatic N) is 6. The van der Waals surface area contributed by atoms with Crippen LogP contribution in [0.5, 0.6) is 0 Å². The summed E-state index contributed by atoms with van der Waals surface area (Å²) in [5, 5.41) is 3.14. The number of imidazole rings is 2. The Morgan fingerprint density at radius 2 is 1.68 bits per heavy atom. The molecule has 9 rings (SSSR count). The number of rotatable bonds is 11. The number of likely N-dealkylation sites (tertiary alicyclic amines) is 1. The average molecular weight is 762 g/mol. The predicted octanol–water partition coefficient (Wildman–Crippen LogP) is 7.18. The number of oxazole rings is 1. The number of aromatic nitrogens is 5. The molecule has 1 saturated carbocycles. The lowest BCUT2D eigenvalue weighted by atomic mass is 9.92. The molecule has 2 fully saturated rings. The molecule has 12 heteroatoms. The number of nitrogens with one attached hydrogen (secondary N) is 3. The van der Waals surface area contributed by atoms with E-state index in [1.165, 1.54) is 0 Å². The van der Waals surface area contributed by atoms with Crippen LogP contribution in [-0.2, 0) is 15.0 Å². The van der Waals surface area contributed by atoms with Crippen LogP contribution in [-0.4, -0.2) is 92.2 Å². The van der Waals surface area contributed by atoms with Gasteiger partial charge in [-0.2, -0.15) is 0 Å². The Balaban J connectivity index is 0.944. The van der Waals surface area contributed by atoms with Crippen molar-refractivity contribution in [3.8, 4) is 22.8 Å². The van der Waals surface area contributed by atoms with E-state index < -0.39 is 11.5 Å². The van der Waals surface area contributed by atoms with Gasteiger partial charge in [0.05, 0.1) is 45.8 Å². The smallest absolute Gasteiger partial charge is 0.242 e. The molecule has 1 aliphatic carbocycles. The highest BCUT2D eigenvalue weighted by atomic mass is 16.4. The largest absolute Gasteiger partial charge is 0.436 e. The standard InChI is InChI=1S/C45H47N9O3/c1-27(47-42(55)39(53(4)5)28-14-8-6-9-15-28)40-49-33-19-12-18-31(38(33)51-40)43-46-26-36(57-43)29-21-22-32-34(24-29)50-41(48-32)35-20-13-23-54(35)44(56)45(25-37(45)52(2)3)30-16-10-7-11-17-30/h6-12,14-19,21-22,24,26-27,35,37,39H,13,20,23,25H2,1-5H3,(H,47,55)(H,48,50)(H,49,51)/t27-,35-,37?,39+,45?/m0/s1. The van der Waals surface area contributed by atoms with Gasteiger partial charge in [0.25, 0.3) is 0 Å². The first-order chi connectivity index (χ1) is 27.6. The summed E-state index contributed by atoms with van der Waals surface area (Å²) in [7, 11) is 7.91. The number of benzene rings is 4. The van der Waals surface area contributed by atoms with Crippen molar-refractivity contribution in [1.82, 2.24) is 44.9 Å². The number of hydrogen-bond donors (Lipinski definition) is 3. The summed E-state index contributed by atoms with van der Waals surface area (Å²) in [6, 6.07) is 31.0. The number of fused-ring (bicyclic) bond motifs is 2. The Kier molecular flexibility index (Phi) is 9.25. The van der Waals surface area contributed by atoms with Gasteiger partial charge in [-0.15, -0.1) is 0 Å². The second kappa shape index (κ2) is 14.4. The van der Waals surface area contributed by atoms with Gasteiger partial charge in [0.15, 0.2) is 5.76 Å². The topological polar surface area (TPSA) is 139 Å². The van der Waals surface area contributed by atoms with Crippen LogP contribution >= 0.6 is 0 Å². The van der Waals surface area contributed by atoms with Crippen molar-refractivity contribution in [2.75, 3.05) is 34.7 Å². The van der Waals surface area contributed by atoms with Gasteiger partial charge in [-0.05, 0) is 95.8 Å². The van der Waals surface area contributed by atoms with Crippen LogP contribution in [0.1, 0.15) is 67.1 Å². The predicted molar refractivity (Wildman–Crippen MR) is 220 cm³/mol. The van der Waals surface area contributed by atoms with Crippen molar-refractivity contribution >= 4 is 33.9 Å². The molecule has 1 aliphatic heterocycles. The number of amides is 2. The molecular formula is C45H47N9O3. The fraction of sp³-hybridized carbons (Fsp3) is 0.311. The average Bonchev–Trinajstić information content (AvgIpc) is 3.75. The summed E-state index contributed by atoms with van der Waals surface area (Å²) >= 11 is 0. The summed E-state index contributed by atoms with van der Waals surface area (Å²) < 4.78 is 6.39. The first kappa shape index (κ1) is 36.5. The molecule has 57 heavy (non-hydrogen) atoms. The summed E-state index contributed by atoms with van der Waals surface area (Å²) in [6.45, 7) is 2.63. The summed E-state index contributed by atoms with van der Waals surface area (Å²) in [5.41, 5.74) is 6.28. The SMILES string of the molecule is C[C@H](NC(=O)[C@@H](c1ccccc1)N(C)C)c1nc2c(-c3ncc(-c4ccc5nc([C@@H]6CCCN6C(=O)C6(c7ccccc7)CC6N(C)C)[nH]c5c4)o3)cccc2[nH]1. The molecule has 4 heterocycles. The molecule has 0 radical (unpaired) electrons. The molecule has 12 nitrogen and oxygen atoms in total. The fourth-order valence-corrected chi connectivity index (χ4v) is 8.80. The summed E-state index contributed by atoms with van der Waals surface area (Å²) in [4.78, 5) is 55.6. The van der Waals surface area contributed by atoms with Crippen molar-refractivity contribution in [2.24, 2.45) is 0 Å². The van der Waals surface area contributed by atoms with Crippen LogP contribution in [0.2, 0.25) is 0 Å². The van der Waals surface area contributed by atoms with E-state index >= 15 is 0 Å². The zero-order valence-corrected chi connectivity index (χ0v) is 32.9. The molecule has 1 saturated heterocycles. The van der Waals surface area contributed by atoms with Gasteiger partial charge >= 0.3 is 0 Å². The molecule has 290 valence electrons. The van der Waals surface area contributed by atoms with E-state index in [1.807, 2.05) is 111 Å². The van der Waals surface area contributed by atoms with E-state index in [1.54, 1.807) is 6.20 Å². The van der Waals surface area contributed by atoms with Gasteiger partial charge < -0.3 is 29.5 Å². The van der Waals surface area contributed by atoms with Crippen LogP contribution in [0, 0.1) is 0 Å². The highest BCUT2D eigenvalue weighted by molar-refractivity contribution is 5.94. The molecule has 2 aliphatic rings. The maximum absolute atomic E-state index is 14.5. The molecule has 2 unspecified atom stereocenters. The second-order valence-electron chi connectivity index (χ2n) is 15.9. The van der Waals surface area contributed by atoms with Crippen molar-refractivity contribution in [2.45, 2.75) is 55.8 Å². The van der Waals surface area contributed by atoms with Crippen molar-refractivity contribution in [3.63, 3.8) is 0 Å². The van der Waals surface area contributed by atoms with Gasteiger partial charge in [-0.25, -0.2) is 15.0 Å². The molecule has 0 spiro atoms. The number of para-hydroxylation sites is 1. The van der Waals surface area contributed by atoms with Crippen LogP contribution in [0.15, 0.2) is 108 Å². The van der Waals surface area contributed by atoms with E-state index in [0.29, 0.717) is 29.5 Å². The van der Waals surface area contributed by atoms with E-state index in [9.17, 15) is 9.59 Å². The van der Waals surface area contributed by atoms with E-state index in [-0.39, 0.29) is 29.9 Å². The first-order valence-electron chi connectivity index (χ1n) is 19.6. The zero-order valence-electron chi connectivity index (χ0n) is 32.9. The molecular weight excluding hydrogens is 715 g/mol. The third-order valence-corrected chi connectivity index (χ3v) is 11.7. The molecule has 2 amide bonds. The van der Waals surface area contributed by atoms with Crippen LogP contribution in [0.4, 0.5) is 0 Å². The number of hydrogen-bond acceptors (Lipinski definition) is 8. The monoisotopic (exact) mass is 761 g/mol. The van der Waals surface area contributed by atoms with Gasteiger partial charge in [0.1, 0.15) is 23.2 Å². The second-order valence-corrected chi connectivity index (χ2v) is 15.9. The third-order valence-electron chi connectivity index (χ3n) is 11.7. The normalized spacial score (nSPS) is 20.4. The minimum atomic E-state index is -0.537. The fourth-order valence-electron chi connectivity index (χ4n) is 8.80. The van der Waals surface area contributed by atoms with E-state index in [2.05, 4.69) is 56.3 Å². The Hall–Kier alpha value is -6.11. The van der Waals surface area contributed by atoms with Crippen LogP contribution in [0.3, 0.4) is 0 Å². The van der Waals surface area contributed by atoms with E-state index in [0.717, 1.165) is 63.9 Å². The number of carbonyl (C=O) groups excluding carboxylic acids is 2. The molecule has 3 N–H and O–H groups in total. The Morgan fingerprint density at radius 1 is 0.912 bits per heavy atom. The Labute approximate surface area is 331 Å². The number of aromatic amines is 2. The van der Waals surface area contributed by atoms with Gasteiger partial charge in [-0.3, -0.25) is 14.5 Å². The van der Waals surface area contributed by atoms with Crippen LogP contribution < -0.4 is 5.32 Å². The zero-order chi connectivity index (χ0) is 39.4. The molecule has 3 aromatic heterocycles. The lowest BCUT2D eigenvalue weighted by molar-refractivity contribution is -0.135. The third kappa shape index (κ3) is 6.48. The highest BCUT2D eigenvalue weighted by Crippen LogP contribution is 2.53. The molecule has 4 aromatic carbocycles. The molecule has 5 atom stereocenters. The van der Waals surface area contributed by atoms with Crippen molar-refractivity contribution in [3.05, 3.63) is 126 Å². The summed E-state index contributed by atoms with van der Waals surface area (Å²) in [5.74, 6) is 2.56. The minimum Gasteiger partial charge on any atom is -0.436 e. The maximum Gasteiger partial charge on any atom is 0.242 e. The molecule has 0 bridgehead atoms. The number of carbonyl (C=O) groups is 2. The first-order valence-corrected chi connectivity index (χ1v) is 19.6. The summed E-state index contributed by atoms with van der Waals surface area (Å²) in [6.07, 6.45) is 4.33. The minimum absolute atomic E-state index is 0.111. The van der Waals surface area contributed by atoms with Crippen LogP contribution in [0.25, 0.3) is 44.8 Å². The lowest BCUT2D eigenvalue weighted by Gasteiger charge is -2.30. The Morgan fingerprint density at radius 3 is 2.42 bits per heavy atom. The van der Waals surface area contributed by atoms with Gasteiger partial charge in [0.2, 0.25) is 17.7 Å². The quantitative estimate of drug-likeness (QED) is 0.126.